The molecule has 0 saturated heterocycles. The maximum absolute atomic E-state index is 13.5. The van der Waals surface area contributed by atoms with E-state index in [0.29, 0.717) is 0 Å². The Morgan fingerprint density at radius 3 is 0.828 bits per heavy atom. The van der Waals surface area contributed by atoms with Crippen molar-refractivity contribution in [2.24, 2.45) is 0 Å². The molecule has 1 heterocycles. The molecule has 0 unspecified atom stereocenters. The number of aryl methyl sites for hydroxylation is 4. The molecule has 1 aliphatic heterocycles. The average molecular weight is 1200 g/mol. The van der Waals surface area contributed by atoms with Gasteiger partial charge < -0.3 is 5.53 Å². The van der Waals surface area contributed by atoms with Gasteiger partial charge in [-0.1, -0.05) is 343 Å². The highest BCUT2D eigenvalue weighted by molar-refractivity contribution is 5.86. The Kier molecular flexibility index (Phi) is 49.3. The quantitative estimate of drug-likeness (QED) is 0.0358. The van der Waals surface area contributed by atoms with Gasteiger partial charge in [0.15, 0.2) is 0 Å². The van der Waals surface area contributed by atoms with E-state index in [2.05, 4.69) is 91.5 Å². The highest BCUT2D eigenvalue weighted by Crippen LogP contribution is 2.45. The monoisotopic (exact) mass is 1200 g/mol. The zero-order valence-corrected chi connectivity index (χ0v) is 59.9. The van der Waals surface area contributed by atoms with E-state index in [0.717, 1.165) is 61.9 Å². The summed E-state index contributed by atoms with van der Waals surface area (Å²) in [5.41, 5.74) is 29.9. The number of unbranched alkanes of at least 4 members (excludes halogenated alkanes) is 44. The van der Waals surface area contributed by atoms with Crippen molar-refractivity contribution in [2.45, 2.75) is 434 Å². The molecule has 0 aliphatic carbocycles. The molecule has 2 heteroatoms. The Morgan fingerprint density at radius 1 is 0.264 bits per heavy atom. The first-order chi connectivity index (χ1) is 42.9. The van der Waals surface area contributed by atoms with Gasteiger partial charge in [0, 0.05) is 23.1 Å². The van der Waals surface area contributed by atoms with Crippen LogP contribution in [0.2, 0.25) is 0 Å². The fraction of sp³-hybridized carbons (Fsp3) is 0.788. The molecule has 87 heavy (non-hydrogen) atoms. The van der Waals surface area contributed by atoms with Gasteiger partial charge in [-0.25, -0.2) is 4.70 Å². The lowest BCUT2D eigenvalue weighted by Crippen LogP contribution is -2.09. The van der Waals surface area contributed by atoms with Crippen molar-refractivity contribution in [3.05, 3.63) is 85.5 Å². The fourth-order valence-electron chi connectivity index (χ4n) is 14.3. The zero-order valence-electron chi connectivity index (χ0n) is 59.9. The third kappa shape index (κ3) is 34.4. The zero-order chi connectivity index (χ0) is 62.5. The molecule has 0 bridgehead atoms. The Hall–Kier alpha value is -2.92. The van der Waals surface area contributed by atoms with Gasteiger partial charge in [0.25, 0.3) is 0 Å². The summed E-state index contributed by atoms with van der Waals surface area (Å²) in [6, 6.07) is 10.3. The molecule has 0 fully saturated rings. The van der Waals surface area contributed by atoms with Crippen LogP contribution in [0, 0.1) is 11.8 Å². The molecule has 496 valence electrons. The Morgan fingerprint density at radius 2 is 0.494 bits per heavy atom. The minimum Gasteiger partial charge on any atom is -0.493 e. The van der Waals surface area contributed by atoms with Gasteiger partial charge in [-0.2, -0.15) is 0 Å². The number of nitrogens with zero attached hydrogens (tertiary/aromatic N) is 2. The fourth-order valence-corrected chi connectivity index (χ4v) is 14.3. The Labute approximate surface area is 544 Å². The predicted octanol–water partition coefficient (Wildman–Crippen LogP) is 28.9. The van der Waals surface area contributed by atoms with Gasteiger partial charge in [0.05, 0.1) is 0 Å². The second-order valence-corrected chi connectivity index (χ2v) is 27.9. The van der Waals surface area contributed by atoms with Crippen LogP contribution in [0.15, 0.2) is 35.4 Å². The lowest BCUT2D eigenvalue weighted by Gasteiger charge is -2.20. The number of allylic oxidation sites excluding steroid dienone is 2. The molecule has 2 nitrogen and oxygen atoms in total. The van der Waals surface area contributed by atoms with E-state index in [9.17, 15) is 5.53 Å². The third-order valence-corrected chi connectivity index (χ3v) is 19.8. The summed E-state index contributed by atoms with van der Waals surface area (Å²) in [6.45, 7) is 18.7. The van der Waals surface area contributed by atoms with Crippen molar-refractivity contribution >= 4 is 11.4 Å². The summed E-state index contributed by atoms with van der Waals surface area (Å²) in [4.78, 5) is 0. The van der Waals surface area contributed by atoms with E-state index in [4.69, 9.17) is 0 Å². The molecule has 0 atom stereocenters. The summed E-state index contributed by atoms with van der Waals surface area (Å²) >= 11 is 0. The maximum Gasteiger partial charge on any atom is 0.223 e. The molecule has 0 spiro atoms. The van der Waals surface area contributed by atoms with Crippen molar-refractivity contribution < 1.29 is 4.70 Å². The minimum absolute atomic E-state index is 0.929. The van der Waals surface area contributed by atoms with Gasteiger partial charge in [0.2, 0.25) is 11.4 Å². The molecule has 0 radical (unpaired) electrons. The predicted molar refractivity (Wildman–Crippen MR) is 390 cm³/mol. The molecule has 2 aromatic carbocycles. The van der Waals surface area contributed by atoms with Gasteiger partial charge in [0.1, 0.15) is 5.57 Å². The summed E-state index contributed by atoms with van der Waals surface area (Å²) in [5, 5.41) is 0. The Bertz CT molecular complexity index is 2070. The smallest absolute Gasteiger partial charge is 0.223 e. The highest BCUT2D eigenvalue weighted by Gasteiger charge is 2.36. The second kappa shape index (κ2) is 54.8. The number of benzene rings is 2. The van der Waals surface area contributed by atoms with E-state index >= 15 is 0 Å². The van der Waals surface area contributed by atoms with Crippen molar-refractivity contribution in [2.75, 3.05) is 0 Å². The van der Waals surface area contributed by atoms with Crippen molar-refractivity contribution in [1.29, 1.82) is 0 Å². The van der Waals surface area contributed by atoms with E-state index in [1.165, 1.54) is 351 Å². The van der Waals surface area contributed by atoms with Crippen LogP contribution in [0.3, 0.4) is 0 Å². The summed E-state index contributed by atoms with van der Waals surface area (Å²) in [5.74, 6) is 7.84. The van der Waals surface area contributed by atoms with E-state index < -0.39 is 0 Å². The molecule has 3 rings (SSSR count). The van der Waals surface area contributed by atoms with Crippen LogP contribution in [0.5, 0.6) is 0 Å². The molecule has 0 N–H and O–H groups in total. The maximum atomic E-state index is 13.5. The summed E-state index contributed by atoms with van der Waals surface area (Å²) < 4.78 is 1.73. The summed E-state index contributed by atoms with van der Waals surface area (Å²) in [6.07, 6.45) is 77.0. The van der Waals surface area contributed by atoms with Gasteiger partial charge in [-0.05, 0) is 154 Å². The van der Waals surface area contributed by atoms with Crippen LogP contribution in [-0.4, -0.2) is 4.70 Å². The highest BCUT2D eigenvalue weighted by atomic mass is 15.2. The van der Waals surface area contributed by atoms with Gasteiger partial charge >= 0.3 is 0 Å². The third-order valence-electron chi connectivity index (χ3n) is 19.8. The standard InChI is InChI=1S/C85H146N2/c1-9-17-25-30-32-33-34-35-36-37-38-39-40-41-42-43-44-45-46-47-48-49-50-51-53-61-69-83-82(68-60-52-31-26-18-10-2)85(79-72-76(64-57-27-19-11-3)81(67-59-29-21-13-5)77(73-79)65-58-28-20-12-4)87(86)84(83)78-70-74(62-54-22-14-6)80(66-56-24-16-8)75(71-78)63-55-23-15-7/h70-73H,9-60,62-68H2,1-8H3. The SMILES string of the molecule is CCCCCCCCCCCCCCCCCCCCCCCCCCC#CC1=C(c2cc(CCCCC)c(CCCCC)c(CCCCC)c2)[N+](=[N-])C(c2cc(CCCCCC)c(CCCCCC)c(CCCCCC)c2)=C1CCCCCCCC. The van der Waals surface area contributed by atoms with E-state index in [1.54, 1.807) is 38.1 Å². The first-order valence-electron chi connectivity index (χ1n) is 39.7. The Balaban J connectivity index is 1.96. The molecule has 2 aromatic rings. The van der Waals surface area contributed by atoms with Crippen LogP contribution in [0.4, 0.5) is 0 Å². The van der Waals surface area contributed by atoms with Crippen molar-refractivity contribution in [1.82, 2.24) is 0 Å². The molecule has 0 saturated carbocycles. The molecular weight excluding hydrogens is 1050 g/mol. The van der Waals surface area contributed by atoms with Crippen molar-refractivity contribution in [3.63, 3.8) is 0 Å². The summed E-state index contributed by atoms with van der Waals surface area (Å²) in [7, 11) is 0. The topological polar surface area (TPSA) is 25.3 Å². The van der Waals surface area contributed by atoms with Crippen LogP contribution in [-0.2, 0) is 38.5 Å². The first kappa shape index (κ1) is 78.3. The molecule has 0 amide bonds. The van der Waals surface area contributed by atoms with Crippen LogP contribution < -0.4 is 0 Å². The number of rotatable bonds is 60. The van der Waals surface area contributed by atoms with Gasteiger partial charge in [-0.3, -0.25) is 0 Å². The first-order valence-corrected chi connectivity index (χ1v) is 39.7. The van der Waals surface area contributed by atoms with Crippen LogP contribution in [0.1, 0.15) is 440 Å². The van der Waals surface area contributed by atoms with Gasteiger partial charge in [-0.15, -0.1) is 0 Å². The lowest BCUT2D eigenvalue weighted by atomic mass is 9.86. The minimum atomic E-state index is 0.929. The lowest BCUT2D eigenvalue weighted by molar-refractivity contribution is -0.345. The van der Waals surface area contributed by atoms with E-state index in [-0.39, 0.29) is 0 Å². The second-order valence-electron chi connectivity index (χ2n) is 27.9. The average Bonchev–Trinajstić information content (AvgIpc) is 1.70. The largest absolute Gasteiger partial charge is 0.493 e. The van der Waals surface area contributed by atoms with Crippen LogP contribution >= 0.6 is 0 Å². The van der Waals surface area contributed by atoms with Crippen molar-refractivity contribution in [3.8, 4) is 11.8 Å². The van der Waals surface area contributed by atoms with Crippen LogP contribution in [0.25, 0.3) is 16.9 Å². The number of hydrogen-bond donors (Lipinski definition) is 0. The normalized spacial score (nSPS) is 12.6. The molecule has 1 aliphatic rings. The molecular formula is C85H146N2. The number of hydrogen-bond acceptors (Lipinski definition) is 0. The van der Waals surface area contributed by atoms with E-state index in [1.807, 2.05) is 0 Å². The molecule has 0 aromatic heterocycles.